The van der Waals surface area contributed by atoms with Gasteiger partial charge in [0.15, 0.2) is 0 Å². The summed E-state index contributed by atoms with van der Waals surface area (Å²) >= 11 is 0. The molecule has 0 aliphatic heterocycles. The molecule has 0 fully saturated rings. The highest BCUT2D eigenvalue weighted by molar-refractivity contribution is 5.93. The van der Waals surface area contributed by atoms with Crippen LogP contribution in [0.5, 0.6) is 0 Å². The summed E-state index contributed by atoms with van der Waals surface area (Å²) in [4.78, 5) is 25.8. The number of carbonyl (C=O) groups excluding carboxylic acids is 2. The third-order valence-corrected chi connectivity index (χ3v) is 6.84. The molecule has 4 heteroatoms. The molecule has 0 amide bonds. The van der Waals surface area contributed by atoms with Crippen molar-refractivity contribution >= 4 is 11.9 Å². The summed E-state index contributed by atoms with van der Waals surface area (Å²) in [6.45, 7) is 4.59. The minimum Gasteiger partial charge on any atom is -0.466 e. The monoisotopic (exact) mass is 520 g/mol. The molecule has 0 aliphatic carbocycles. The first-order chi connectivity index (χ1) is 18.7. The summed E-state index contributed by atoms with van der Waals surface area (Å²) in [5, 5.41) is 0. The lowest BCUT2D eigenvalue weighted by molar-refractivity contribution is -0.145. The molecule has 0 heterocycles. The fraction of sp³-hybridized carbons (Fsp3) is 0.529. The van der Waals surface area contributed by atoms with Gasteiger partial charge in [-0.15, -0.1) is 0 Å². The number of unbranched alkanes of at least 4 members (excludes halogenated alkanes) is 10. The molecule has 0 aliphatic rings. The molecule has 38 heavy (non-hydrogen) atoms. The van der Waals surface area contributed by atoms with Crippen LogP contribution in [0.2, 0.25) is 0 Å². The maximum absolute atomic E-state index is 12.9. The number of hydrogen-bond acceptors (Lipinski definition) is 4. The van der Waals surface area contributed by atoms with Gasteiger partial charge in [-0.05, 0) is 56.2 Å². The third-order valence-electron chi connectivity index (χ3n) is 6.84. The highest BCUT2D eigenvalue weighted by Gasteiger charge is 2.26. The van der Waals surface area contributed by atoms with Crippen molar-refractivity contribution in [3.05, 3.63) is 83.4 Å². The fourth-order valence-corrected chi connectivity index (χ4v) is 4.67. The van der Waals surface area contributed by atoms with E-state index in [-0.39, 0.29) is 12.6 Å². The predicted octanol–water partition coefficient (Wildman–Crippen LogP) is 9.34. The van der Waals surface area contributed by atoms with Gasteiger partial charge in [-0.1, -0.05) is 119 Å². The summed E-state index contributed by atoms with van der Waals surface area (Å²) < 4.78 is 11.0. The van der Waals surface area contributed by atoms with E-state index in [0.717, 1.165) is 31.2 Å². The largest absolute Gasteiger partial charge is 0.466 e. The van der Waals surface area contributed by atoms with Crippen LogP contribution in [0, 0.1) is 0 Å². The van der Waals surface area contributed by atoms with Gasteiger partial charge < -0.3 is 9.47 Å². The molecule has 2 rings (SSSR count). The Morgan fingerprint density at radius 2 is 1.32 bits per heavy atom. The normalized spacial score (nSPS) is 11.9. The van der Waals surface area contributed by atoms with Crippen molar-refractivity contribution in [3.63, 3.8) is 0 Å². The smallest absolute Gasteiger partial charge is 0.338 e. The highest BCUT2D eigenvalue weighted by atomic mass is 16.5. The minimum absolute atomic E-state index is 0.200. The molecule has 2 aromatic rings. The van der Waals surface area contributed by atoms with Crippen LogP contribution in [0.4, 0.5) is 0 Å². The Morgan fingerprint density at radius 1 is 0.711 bits per heavy atom. The van der Waals surface area contributed by atoms with Crippen molar-refractivity contribution in [3.8, 4) is 0 Å². The lowest BCUT2D eigenvalue weighted by atomic mass is 9.89. The lowest BCUT2D eigenvalue weighted by Gasteiger charge is -2.19. The van der Waals surface area contributed by atoms with Crippen LogP contribution in [0.15, 0.2) is 66.7 Å². The summed E-state index contributed by atoms with van der Waals surface area (Å²) in [7, 11) is 0. The molecule has 0 radical (unpaired) electrons. The van der Waals surface area contributed by atoms with E-state index in [1.807, 2.05) is 55.5 Å². The van der Waals surface area contributed by atoms with Crippen LogP contribution in [0.25, 0.3) is 0 Å². The molecule has 1 atom stereocenters. The number of allylic oxidation sites excluding steroid dienone is 2. The summed E-state index contributed by atoms with van der Waals surface area (Å²) in [5.74, 6) is -1.15. The van der Waals surface area contributed by atoms with Gasteiger partial charge >= 0.3 is 11.9 Å². The standard InChI is InChI=1S/C34H48O4/c1-3-5-6-7-8-9-10-11-12-13-14-15-16-20-26-31(33(35)37-4-2)30-25-21-22-27-32(30)34(36)38-28-29-23-18-17-19-24-29/h11-12,17-19,21-25,27,31H,3-10,13-16,20,26,28H2,1-2H3/b12-11-. The van der Waals surface area contributed by atoms with Crippen molar-refractivity contribution < 1.29 is 19.1 Å². The van der Waals surface area contributed by atoms with Gasteiger partial charge in [-0.25, -0.2) is 4.79 Å². The zero-order chi connectivity index (χ0) is 27.3. The van der Waals surface area contributed by atoms with Gasteiger partial charge in [0.2, 0.25) is 0 Å². The van der Waals surface area contributed by atoms with Crippen molar-refractivity contribution in [1.82, 2.24) is 0 Å². The number of ether oxygens (including phenoxy) is 2. The first-order valence-corrected chi connectivity index (χ1v) is 14.8. The van der Waals surface area contributed by atoms with Crippen molar-refractivity contribution in [2.24, 2.45) is 0 Å². The Bertz CT molecular complexity index is 935. The van der Waals surface area contributed by atoms with E-state index in [4.69, 9.17) is 9.47 Å². The fourth-order valence-electron chi connectivity index (χ4n) is 4.67. The number of carbonyl (C=O) groups is 2. The van der Waals surface area contributed by atoms with Crippen molar-refractivity contribution in [1.29, 1.82) is 0 Å². The highest BCUT2D eigenvalue weighted by Crippen LogP contribution is 2.28. The van der Waals surface area contributed by atoms with Crippen LogP contribution in [-0.4, -0.2) is 18.5 Å². The number of hydrogen-bond donors (Lipinski definition) is 0. The molecule has 208 valence electrons. The van der Waals surface area contributed by atoms with Crippen LogP contribution in [0.3, 0.4) is 0 Å². The molecular weight excluding hydrogens is 472 g/mol. The molecule has 4 nitrogen and oxygen atoms in total. The Balaban J connectivity index is 1.80. The van der Waals surface area contributed by atoms with Crippen LogP contribution in [0.1, 0.15) is 125 Å². The summed E-state index contributed by atoms with van der Waals surface area (Å²) in [6.07, 6.45) is 20.0. The Kier molecular flexibility index (Phi) is 16.6. The van der Waals surface area contributed by atoms with E-state index < -0.39 is 11.9 Å². The molecule has 0 aromatic heterocycles. The molecule has 0 bridgehead atoms. The Morgan fingerprint density at radius 3 is 2.00 bits per heavy atom. The second-order valence-corrected chi connectivity index (χ2v) is 9.97. The number of rotatable bonds is 20. The molecule has 0 saturated heterocycles. The van der Waals surface area contributed by atoms with E-state index in [1.165, 1.54) is 51.4 Å². The van der Waals surface area contributed by atoms with Gasteiger partial charge in [-0.2, -0.15) is 0 Å². The van der Waals surface area contributed by atoms with Crippen molar-refractivity contribution in [2.45, 2.75) is 110 Å². The van der Waals surface area contributed by atoms with E-state index in [9.17, 15) is 9.59 Å². The Hall–Kier alpha value is -2.88. The average molecular weight is 521 g/mol. The number of esters is 2. The van der Waals surface area contributed by atoms with Crippen molar-refractivity contribution in [2.75, 3.05) is 6.61 Å². The van der Waals surface area contributed by atoms with E-state index in [2.05, 4.69) is 19.1 Å². The van der Waals surface area contributed by atoms with E-state index in [1.54, 1.807) is 6.07 Å². The maximum Gasteiger partial charge on any atom is 0.338 e. The average Bonchev–Trinajstić information content (AvgIpc) is 2.94. The molecule has 0 saturated carbocycles. The lowest BCUT2D eigenvalue weighted by Crippen LogP contribution is -2.19. The second-order valence-electron chi connectivity index (χ2n) is 9.97. The summed E-state index contributed by atoms with van der Waals surface area (Å²) in [5.41, 5.74) is 2.07. The molecule has 2 aromatic carbocycles. The van der Waals surface area contributed by atoms with Gasteiger partial charge in [0.25, 0.3) is 0 Å². The van der Waals surface area contributed by atoms with Crippen LogP contribution < -0.4 is 0 Å². The molecule has 0 N–H and O–H groups in total. The molecule has 1 unspecified atom stereocenters. The number of benzene rings is 2. The quantitative estimate of drug-likeness (QED) is 0.0991. The first-order valence-electron chi connectivity index (χ1n) is 14.8. The SMILES string of the molecule is CCCCCCCC/C=C\CCCCCCC(C(=O)OCC)c1ccccc1C(=O)OCc1ccccc1. The van der Waals surface area contributed by atoms with Gasteiger partial charge in [0.1, 0.15) is 6.61 Å². The topological polar surface area (TPSA) is 52.6 Å². The summed E-state index contributed by atoms with van der Waals surface area (Å²) in [6, 6.07) is 16.9. The van der Waals surface area contributed by atoms with Gasteiger partial charge in [0.05, 0.1) is 18.1 Å². The van der Waals surface area contributed by atoms with Crippen LogP contribution in [-0.2, 0) is 20.9 Å². The van der Waals surface area contributed by atoms with Crippen LogP contribution >= 0.6 is 0 Å². The predicted molar refractivity (Wildman–Crippen MR) is 156 cm³/mol. The van der Waals surface area contributed by atoms with Gasteiger partial charge in [-0.3, -0.25) is 4.79 Å². The zero-order valence-corrected chi connectivity index (χ0v) is 23.7. The molecule has 0 spiro atoms. The molecular formula is C34H48O4. The zero-order valence-electron chi connectivity index (χ0n) is 23.7. The third kappa shape index (κ3) is 12.6. The Labute approximate surface area is 230 Å². The van der Waals surface area contributed by atoms with Gasteiger partial charge in [0, 0.05) is 0 Å². The first kappa shape index (κ1) is 31.3. The maximum atomic E-state index is 12.9. The van der Waals surface area contributed by atoms with E-state index >= 15 is 0 Å². The van der Waals surface area contributed by atoms with E-state index in [0.29, 0.717) is 24.2 Å². The second kappa shape index (κ2) is 20.1. The minimum atomic E-state index is -0.465.